The monoisotopic (exact) mass is 230 g/mol. The number of rotatable bonds is 4. The molecule has 2 heteroatoms. The molecule has 2 N–H and O–H groups in total. The van der Waals surface area contributed by atoms with Crippen LogP contribution >= 0.6 is 0 Å². The van der Waals surface area contributed by atoms with Gasteiger partial charge in [-0.15, -0.1) is 0 Å². The van der Waals surface area contributed by atoms with Crippen molar-refractivity contribution in [1.29, 1.82) is 0 Å². The minimum absolute atomic E-state index is 0.302. The smallest absolute Gasteiger partial charge is 0.00965 e. The zero-order chi connectivity index (χ0) is 13.2. The topological polar surface area (TPSA) is 24.1 Å². The second kappa shape index (κ2) is 9.00. The molecule has 0 spiro atoms. The molecule has 0 amide bonds. The maximum Gasteiger partial charge on any atom is 0.00965 e. The largest absolute Gasteiger partial charge is 0.312 e. The zero-order valence-corrected chi connectivity index (χ0v) is 12.8. The molecule has 0 aromatic heterocycles. The third-order valence-electron chi connectivity index (χ3n) is 1.81. The first-order valence-corrected chi connectivity index (χ1v) is 6.62. The van der Waals surface area contributed by atoms with Gasteiger partial charge in [-0.05, 0) is 67.5 Å². The van der Waals surface area contributed by atoms with Crippen molar-refractivity contribution in [3.63, 3.8) is 0 Å². The molecule has 0 atom stereocenters. The van der Waals surface area contributed by atoms with Gasteiger partial charge in [-0.25, -0.2) is 0 Å². The number of nitrogens with one attached hydrogen (secondary N) is 2. The third kappa shape index (κ3) is 23.6. The number of hydrogen-bond donors (Lipinski definition) is 2. The summed E-state index contributed by atoms with van der Waals surface area (Å²) in [6.07, 6.45) is 2.44. The van der Waals surface area contributed by atoms with Crippen LogP contribution in [-0.4, -0.2) is 24.2 Å². The van der Waals surface area contributed by atoms with Crippen molar-refractivity contribution in [2.45, 2.75) is 79.3 Å². The summed E-state index contributed by atoms with van der Waals surface area (Å²) in [5.74, 6) is 0. The summed E-state index contributed by atoms with van der Waals surface area (Å²) in [5, 5.41) is 6.74. The molecule has 16 heavy (non-hydrogen) atoms. The summed E-state index contributed by atoms with van der Waals surface area (Å²) in [6, 6.07) is 0. The molecule has 0 rings (SSSR count). The lowest BCUT2D eigenvalue weighted by Gasteiger charge is -2.19. The van der Waals surface area contributed by atoms with Gasteiger partial charge in [0, 0.05) is 11.1 Å². The fourth-order valence-electron chi connectivity index (χ4n) is 1.000. The van der Waals surface area contributed by atoms with Crippen LogP contribution in [0.1, 0.15) is 68.2 Å². The van der Waals surface area contributed by atoms with Crippen molar-refractivity contribution in [2.75, 3.05) is 13.1 Å². The van der Waals surface area contributed by atoms with Gasteiger partial charge in [-0.1, -0.05) is 13.8 Å². The van der Waals surface area contributed by atoms with Gasteiger partial charge >= 0.3 is 0 Å². The van der Waals surface area contributed by atoms with Crippen LogP contribution < -0.4 is 10.6 Å². The van der Waals surface area contributed by atoms with Gasteiger partial charge in [0.2, 0.25) is 0 Å². The van der Waals surface area contributed by atoms with Crippen LogP contribution in [-0.2, 0) is 0 Å². The lowest BCUT2D eigenvalue weighted by atomic mass is 10.1. The van der Waals surface area contributed by atoms with E-state index >= 15 is 0 Å². The highest BCUT2D eigenvalue weighted by atomic mass is 14.9. The minimum Gasteiger partial charge on any atom is -0.312 e. The molecule has 2 nitrogen and oxygen atoms in total. The van der Waals surface area contributed by atoms with Crippen LogP contribution in [0.2, 0.25) is 0 Å². The van der Waals surface area contributed by atoms with Gasteiger partial charge in [0.05, 0.1) is 0 Å². The first-order chi connectivity index (χ1) is 7.12. The molecule has 0 aliphatic heterocycles. The Balaban J connectivity index is 0. The molecule has 0 bridgehead atoms. The van der Waals surface area contributed by atoms with E-state index < -0.39 is 0 Å². The van der Waals surface area contributed by atoms with E-state index in [-0.39, 0.29) is 0 Å². The Morgan fingerprint density at radius 3 is 0.938 bits per heavy atom. The normalized spacial score (nSPS) is 12.0. The van der Waals surface area contributed by atoms with Crippen LogP contribution in [0.5, 0.6) is 0 Å². The Hall–Kier alpha value is -0.0800. The summed E-state index contributed by atoms with van der Waals surface area (Å²) in [5.41, 5.74) is 0.603. The van der Waals surface area contributed by atoms with Crippen LogP contribution in [0.4, 0.5) is 0 Å². The van der Waals surface area contributed by atoms with Crippen molar-refractivity contribution in [3.8, 4) is 0 Å². The van der Waals surface area contributed by atoms with E-state index in [1.54, 1.807) is 0 Å². The highest BCUT2D eigenvalue weighted by Crippen LogP contribution is 1.97. The Morgan fingerprint density at radius 1 is 0.625 bits per heavy atom. The third-order valence-corrected chi connectivity index (χ3v) is 1.81. The van der Waals surface area contributed by atoms with Crippen LogP contribution in [0.3, 0.4) is 0 Å². The molecule has 0 saturated heterocycles. The van der Waals surface area contributed by atoms with Gasteiger partial charge < -0.3 is 10.6 Å². The van der Waals surface area contributed by atoms with E-state index in [0.29, 0.717) is 11.1 Å². The van der Waals surface area contributed by atoms with E-state index in [2.05, 4.69) is 66.0 Å². The summed E-state index contributed by atoms with van der Waals surface area (Å²) in [4.78, 5) is 0. The zero-order valence-electron chi connectivity index (χ0n) is 12.8. The Labute approximate surface area is 104 Å². The molecule has 0 radical (unpaired) electrons. The lowest BCUT2D eigenvalue weighted by molar-refractivity contribution is 0.426. The van der Waals surface area contributed by atoms with Crippen LogP contribution in [0.25, 0.3) is 0 Å². The molecule has 0 aliphatic rings. The predicted octanol–water partition coefficient (Wildman–Crippen LogP) is 3.57. The number of hydrogen-bond acceptors (Lipinski definition) is 2. The van der Waals surface area contributed by atoms with E-state index in [1.165, 1.54) is 12.8 Å². The van der Waals surface area contributed by atoms with E-state index in [4.69, 9.17) is 0 Å². The molecule has 0 aromatic rings. The maximum atomic E-state index is 3.37. The quantitative estimate of drug-likeness (QED) is 0.771. The lowest BCUT2D eigenvalue weighted by Crippen LogP contribution is -2.36. The molecule has 0 aromatic carbocycles. The summed E-state index contributed by atoms with van der Waals surface area (Å²) in [6.45, 7) is 19.7. The first-order valence-electron chi connectivity index (χ1n) is 6.62. The van der Waals surface area contributed by atoms with Crippen molar-refractivity contribution in [1.82, 2.24) is 10.6 Å². The summed E-state index contributed by atoms with van der Waals surface area (Å²) in [7, 11) is 0. The summed E-state index contributed by atoms with van der Waals surface area (Å²) < 4.78 is 0. The molecular weight excluding hydrogens is 196 g/mol. The van der Waals surface area contributed by atoms with Gasteiger partial charge in [-0.3, -0.25) is 0 Å². The molecule has 0 aliphatic carbocycles. The predicted molar refractivity (Wildman–Crippen MR) is 76.1 cm³/mol. The maximum absolute atomic E-state index is 3.37. The fraction of sp³-hybridized carbons (Fsp3) is 1.00. The van der Waals surface area contributed by atoms with Gasteiger partial charge in [0.25, 0.3) is 0 Å². The van der Waals surface area contributed by atoms with Crippen molar-refractivity contribution in [2.24, 2.45) is 0 Å². The van der Waals surface area contributed by atoms with Crippen molar-refractivity contribution in [3.05, 3.63) is 0 Å². The molecule has 0 unspecified atom stereocenters. The highest BCUT2D eigenvalue weighted by molar-refractivity contribution is 4.69. The van der Waals surface area contributed by atoms with Gasteiger partial charge in [-0.2, -0.15) is 0 Å². The van der Waals surface area contributed by atoms with E-state index in [9.17, 15) is 0 Å². The van der Waals surface area contributed by atoms with Gasteiger partial charge in [0.15, 0.2) is 0 Å². The fourth-order valence-corrected chi connectivity index (χ4v) is 1.000. The SMILES string of the molecule is CCCNC(C)(C)C.CCCNC(C)(C)C. The second-order valence-corrected chi connectivity index (χ2v) is 6.35. The average molecular weight is 230 g/mol. The molecule has 0 heterocycles. The Kier molecular flexibility index (Phi) is 10.3. The minimum atomic E-state index is 0.302. The standard InChI is InChI=1S/2C7H17N/c2*1-5-6-8-7(2,3)4/h2*8H,5-6H2,1-4H3. The van der Waals surface area contributed by atoms with Crippen molar-refractivity contribution < 1.29 is 0 Å². The van der Waals surface area contributed by atoms with Gasteiger partial charge in [0.1, 0.15) is 0 Å². The van der Waals surface area contributed by atoms with E-state index in [0.717, 1.165) is 13.1 Å². The first kappa shape index (κ1) is 18.3. The summed E-state index contributed by atoms with van der Waals surface area (Å²) >= 11 is 0. The molecule has 0 saturated carbocycles. The second-order valence-electron chi connectivity index (χ2n) is 6.35. The Bertz CT molecular complexity index is 122. The van der Waals surface area contributed by atoms with Crippen LogP contribution in [0, 0.1) is 0 Å². The molecule has 100 valence electrons. The highest BCUT2D eigenvalue weighted by Gasteiger charge is 2.06. The Morgan fingerprint density at radius 2 is 0.875 bits per heavy atom. The molecular formula is C14H34N2. The van der Waals surface area contributed by atoms with Crippen LogP contribution in [0.15, 0.2) is 0 Å². The average Bonchev–Trinajstić information content (AvgIpc) is 2.10. The molecule has 0 fully saturated rings. The van der Waals surface area contributed by atoms with E-state index in [1.807, 2.05) is 0 Å². The van der Waals surface area contributed by atoms with Crippen molar-refractivity contribution >= 4 is 0 Å².